The van der Waals surface area contributed by atoms with Gasteiger partial charge in [-0.2, -0.15) is 0 Å². The maximum atomic E-state index is 12.0. The van der Waals surface area contributed by atoms with Crippen molar-refractivity contribution in [2.45, 2.75) is 13.8 Å². The van der Waals surface area contributed by atoms with Crippen LogP contribution in [-0.4, -0.2) is 15.9 Å². The largest absolute Gasteiger partial charge is 0.326 e. The van der Waals surface area contributed by atoms with E-state index in [1.807, 2.05) is 6.92 Å². The Hall–Kier alpha value is -1.95. The average molecular weight is 322 g/mol. The van der Waals surface area contributed by atoms with E-state index in [1.165, 1.54) is 12.3 Å². The zero-order valence-corrected chi connectivity index (χ0v) is 12.0. The van der Waals surface area contributed by atoms with Gasteiger partial charge < -0.3 is 10.3 Å². The number of H-pyrrole nitrogens is 1. The molecule has 2 aromatic rings. The van der Waals surface area contributed by atoms with Crippen LogP contribution in [0.3, 0.4) is 0 Å². The topological polar surface area (TPSA) is 74.8 Å². The van der Waals surface area contributed by atoms with Crippen molar-refractivity contribution in [3.63, 3.8) is 0 Å². The molecule has 0 spiro atoms. The smallest absolute Gasteiger partial charge is 0.261 e. The lowest BCUT2D eigenvalue weighted by molar-refractivity contribution is 0.102. The van der Waals surface area contributed by atoms with Crippen LogP contribution in [0.1, 0.15) is 21.6 Å². The number of carbonyl (C=O) groups is 1. The second-order valence-electron chi connectivity index (χ2n) is 4.17. The summed E-state index contributed by atoms with van der Waals surface area (Å²) in [5, 5.41) is 2.64. The van der Waals surface area contributed by atoms with Gasteiger partial charge in [-0.3, -0.25) is 9.59 Å². The third kappa shape index (κ3) is 3.08. The third-order valence-corrected chi connectivity index (χ3v) is 3.40. The molecule has 0 aliphatic carbocycles. The van der Waals surface area contributed by atoms with E-state index in [9.17, 15) is 9.59 Å². The first-order valence-electron chi connectivity index (χ1n) is 5.61. The first-order valence-corrected chi connectivity index (χ1v) is 6.40. The Morgan fingerprint density at radius 2 is 2.11 bits per heavy atom. The van der Waals surface area contributed by atoms with Gasteiger partial charge in [-0.1, -0.05) is 0 Å². The van der Waals surface area contributed by atoms with E-state index >= 15 is 0 Å². The van der Waals surface area contributed by atoms with Crippen LogP contribution in [-0.2, 0) is 0 Å². The maximum Gasteiger partial charge on any atom is 0.261 e. The van der Waals surface area contributed by atoms with E-state index in [0.29, 0.717) is 11.4 Å². The Labute approximate surface area is 118 Å². The predicted molar refractivity (Wildman–Crippen MR) is 76.4 cm³/mol. The molecule has 5 nitrogen and oxygen atoms in total. The van der Waals surface area contributed by atoms with Gasteiger partial charge in [0, 0.05) is 5.69 Å². The summed E-state index contributed by atoms with van der Waals surface area (Å²) in [5.41, 5.74) is 1.83. The monoisotopic (exact) mass is 321 g/mol. The van der Waals surface area contributed by atoms with E-state index in [4.69, 9.17) is 0 Å². The van der Waals surface area contributed by atoms with Crippen molar-refractivity contribution in [2.75, 3.05) is 5.32 Å². The van der Waals surface area contributed by atoms with E-state index < -0.39 is 11.5 Å². The molecule has 1 amide bonds. The molecule has 0 fully saturated rings. The summed E-state index contributed by atoms with van der Waals surface area (Å²) in [5.74, 6) is -0.454. The number of hydrogen-bond donors (Lipinski definition) is 2. The number of carbonyl (C=O) groups excluding carboxylic acids is 1. The quantitative estimate of drug-likeness (QED) is 0.834. The number of pyridine rings is 2. The highest BCUT2D eigenvalue weighted by Gasteiger charge is 2.11. The molecule has 0 aliphatic heterocycles. The minimum absolute atomic E-state index is 0.0752. The molecule has 0 saturated carbocycles. The highest BCUT2D eigenvalue weighted by molar-refractivity contribution is 9.10. The van der Waals surface area contributed by atoms with Crippen molar-refractivity contribution >= 4 is 27.5 Å². The van der Waals surface area contributed by atoms with Crippen LogP contribution < -0.4 is 10.9 Å². The van der Waals surface area contributed by atoms with Crippen LogP contribution >= 0.6 is 15.9 Å². The van der Waals surface area contributed by atoms with Crippen LogP contribution in [0.4, 0.5) is 5.69 Å². The maximum absolute atomic E-state index is 12.0. The number of aromatic nitrogens is 2. The van der Waals surface area contributed by atoms with Crippen LogP contribution in [0.2, 0.25) is 0 Å². The molecule has 0 atom stereocenters. The number of halogens is 1. The van der Waals surface area contributed by atoms with Crippen LogP contribution in [0.5, 0.6) is 0 Å². The molecule has 2 N–H and O–H groups in total. The summed E-state index contributed by atoms with van der Waals surface area (Å²) in [6.07, 6.45) is 1.53. The summed E-state index contributed by atoms with van der Waals surface area (Å²) < 4.78 is 0.721. The van der Waals surface area contributed by atoms with Crippen LogP contribution in [0.15, 0.2) is 33.8 Å². The number of nitrogens with one attached hydrogen (secondary N) is 2. The number of nitrogens with zero attached hydrogens (tertiary/aromatic N) is 1. The molecule has 98 valence electrons. The Bertz CT molecular complexity index is 695. The molecule has 0 unspecified atom stereocenters. The van der Waals surface area contributed by atoms with Gasteiger partial charge in [-0.15, -0.1) is 0 Å². The van der Waals surface area contributed by atoms with Gasteiger partial charge in [0.05, 0.1) is 11.9 Å². The Morgan fingerprint density at radius 3 is 2.74 bits per heavy atom. The number of aromatic amines is 1. The average Bonchev–Trinajstić information content (AvgIpc) is 2.33. The molecule has 6 heteroatoms. The van der Waals surface area contributed by atoms with Gasteiger partial charge in [0.2, 0.25) is 0 Å². The zero-order valence-electron chi connectivity index (χ0n) is 10.5. The lowest BCUT2D eigenvalue weighted by Gasteiger charge is -2.06. The van der Waals surface area contributed by atoms with E-state index in [-0.39, 0.29) is 5.56 Å². The number of hydrogen-bond acceptors (Lipinski definition) is 3. The molecule has 0 bridgehead atoms. The van der Waals surface area contributed by atoms with Gasteiger partial charge in [0.15, 0.2) is 0 Å². The SMILES string of the molecule is Cc1ccc(C(=O)Nc2cnc(Br)c(C)c2)c(=O)[nH]1. The molecule has 19 heavy (non-hydrogen) atoms. The van der Waals surface area contributed by atoms with Crippen molar-refractivity contribution in [1.82, 2.24) is 9.97 Å². The highest BCUT2D eigenvalue weighted by atomic mass is 79.9. The Kier molecular flexibility index (Phi) is 3.80. The summed E-state index contributed by atoms with van der Waals surface area (Å²) >= 11 is 3.28. The normalized spacial score (nSPS) is 10.3. The summed E-state index contributed by atoms with van der Waals surface area (Å²) in [4.78, 5) is 30.3. The van der Waals surface area contributed by atoms with Gasteiger partial charge in [0.25, 0.3) is 11.5 Å². The minimum atomic E-state index is -0.454. The minimum Gasteiger partial charge on any atom is -0.326 e. The number of rotatable bonds is 2. The van der Waals surface area contributed by atoms with Crippen molar-refractivity contribution in [3.05, 3.63) is 56.2 Å². The molecule has 2 rings (SSSR count). The standard InChI is InChI=1S/C13H12BrN3O2/c1-7-5-9(6-15-11(7)14)17-13(19)10-4-3-8(2)16-12(10)18/h3-6H,1-2H3,(H,16,18)(H,17,19). The molecular weight excluding hydrogens is 310 g/mol. The zero-order chi connectivity index (χ0) is 14.0. The van der Waals surface area contributed by atoms with Crippen LogP contribution in [0, 0.1) is 13.8 Å². The fraction of sp³-hybridized carbons (Fsp3) is 0.154. The molecule has 0 radical (unpaired) electrons. The fourth-order valence-electron chi connectivity index (χ4n) is 1.58. The highest BCUT2D eigenvalue weighted by Crippen LogP contribution is 2.17. The molecule has 0 aromatic carbocycles. The van der Waals surface area contributed by atoms with E-state index in [0.717, 1.165) is 10.2 Å². The number of aryl methyl sites for hydroxylation is 2. The molecule has 0 aliphatic rings. The third-order valence-electron chi connectivity index (χ3n) is 2.57. The Balaban J connectivity index is 2.25. The Morgan fingerprint density at radius 1 is 1.37 bits per heavy atom. The predicted octanol–water partition coefficient (Wildman–Crippen LogP) is 2.40. The van der Waals surface area contributed by atoms with E-state index in [1.54, 1.807) is 19.1 Å². The molecule has 2 aromatic heterocycles. The second kappa shape index (κ2) is 5.36. The molecular formula is C13H12BrN3O2. The van der Waals surface area contributed by atoms with Crippen molar-refractivity contribution in [2.24, 2.45) is 0 Å². The van der Waals surface area contributed by atoms with Gasteiger partial charge in [-0.05, 0) is 53.5 Å². The summed E-state index contributed by atoms with van der Waals surface area (Å²) in [7, 11) is 0. The van der Waals surface area contributed by atoms with Crippen molar-refractivity contribution in [1.29, 1.82) is 0 Å². The summed E-state index contributed by atoms with van der Waals surface area (Å²) in [6.45, 7) is 3.62. The van der Waals surface area contributed by atoms with Gasteiger partial charge >= 0.3 is 0 Å². The molecule has 2 heterocycles. The second-order valence-corrected chi connectivity index (χ2v) is 4.92. The number of anilines is 1. The summed E-state index contributed by atoms with van der Waals surface area (Å²) in [6, 6.07) is 4.96. The van der Waals surface area contributed by atoms with Gasteiger partial charge in [0.1, 0.15) is 10.2 Å². The lowest BCUT2D eigenvalue weighted by Crippen LogP contribution is -2.23. The molecule has 0 saturated heterocycles. The first-order chi connectivity index (χ1) is 8.97. The van der Waals surface area contributed by atoms with E-state index in [2.05, 4.69) is 31.2 Å². The van der Waals surface area contributed by atoms with Crippen LogP contribution in [0.25, 0.3) is 0 Å². The van der Waals surface area contributed by atoms with Crippen molar-refractivity contribution < 1.29 is 4.79 Å². The lowest BCUT2D eigenvalue weighted by atomic mass is 10.2. The van der Waals surface area contributed by atoms with Gasteiger partial charge in [-0.25, -0.2) is 4.98 Å². The first kappa shape index (κ1) is 13.5. The fourth-order valence-corrected chi connectivity index (χ4v) is 1.79. The van der Waals surface area contributed by atoms with Crippen molar-refractivity contribution in [3.8, 4) is 0 Å². The number of amides is 1.